The van der Waals surface area contributed by atoms with Crippen molar-refractivity contribution in [3.05, 3.63) is 5.82 Å². The second-order valence-corrected chi connectivity index (χ2v) is 6.50. The largest absolute Gasteiger partial charge is 0.346 e. The molecule has 5 nitrogen and oxygen atoms in total. The maximum absolute atomic E-state index is 5.56. The van der Waals surface area contributed by atoms with Crippen LogP contribution in [-0.4, -0.2) is 53.5 Å². The Morgan fingerprint density at radius 3 is 2.75 bits per heavy atom. The first-order valence-electron chi connectivity index (χ1n) is 7.71. The van der Waals surface area contributed by atoms with E-state index in [4.69, 9.17) is 5.73 Å². The summed E-state index contributed by atoms with van der Waals surface area (Å²) in [6.07, 6.45) is 3.56. The minimum absolute atomic E-state index is 0.416. The Labute approximate surface area is 126 Å². The van der Waals surface area contributed by atoms with Crippen LogP contribution in [0.4, 0.5) is 5.13 Å². The highest BCUT2D eigenvalue weighted by Gasteiger charge is 2.18. The molecule has 2 rings (SSSR count). The molecule has 1 aromatic rings. The zero-order valence-electron chi connectivity index (χ0n) is 12.7. The minimum atomic E-state index is 0.416. The summed E-state index contributed by atoms with van der Waals surface area (Å²) in [4.78, 5) is 9.62. The fourth-order valence-corrected chi connectivity index (χ4v) is 3.31. The van der Waals surface area contributed by atoms with Crippen molar-refractivity contribution in [1.29, 1.82) is 0 Å². The molecule has 0 aliphatic carbocycles. The zero-order valence-corrected chi connectivity index (χ0v) is 13.5. The zero-order chi connectivity index (χ0) is 14.4. The predicted molar refractivity (Wildman–Crippen MR) is 85.6 cm³/mol. The highest BCUT2D eigenvalue weighted by atomic mass is 32.1. The summed E-state index contributed by atoms with van der Waals surface area (Å²) in [7, 11) is 0. The van der Waals surface area contributed by atoms with E-state index in [0.29, 0.717) is 5.92 Å². The van der Waals surface area contributed by atoms with Crippen LogP contribution < -0.4 is 10.6 Å². The van der Waals surface area contributed by atoms with Crippen LogP contribution >= 0.6 is 11.5 Å². The van der Waals surface area contributed by atoms with E-state index in [0.717, 1.165) is 43.6 Å². The number of anilines is 1. The third-order valence-corrected chi connectivity index (χ3v) is 4.53. The first kappa shape index (κ1) is 15.7. The van der Waals surface area contributed by atoms with E-state index >= 15 is 0 Å². The number of nitrogens with zero attached hydrogens (tertiary/aromatic N) is 4. The smallest absolute Gasteiger partial charge is 0.205 e. The maximum Gasteiger partial charge on any atom is 0.205 e. The SMILES string of the molecule is CC(C)c1nsc(N2CCCN(CCCCN)CC2)n1. The first-order chi connectivity index (χ1) is 9.70. The van der Waals surface area contributed by atoms with E-state index in [1.54, 1.807) is 11.5 Å². The predicted octanol–water partition coefficient (Wildman–Crippen LogP) is 1.91. The quantitative estimate of drug-likeness (QED) is 0.813. The van der Waals surface area contributed by atoms with Gasteiger partial charge in [-0.05, 0) is 38.9 Å². The minimum Gasteiger partial charge on any atom is -0.346 e. The van der Waals surface area contributed by atoms with Gasteiger partial charge in [-0.3, -0.25) is 0 Å². The van der Waals surface area contributed by atoms with Gasteiger partial charge in [0, 0.05) is 37.1 Å². The molecule has 6 heteroatoms. The molecule has 1 aromatic heterocycles. The average Bonchev–Trinajstić information content (AvgIpc) is 2.81. The van der Waals surface area contributed by atoms with Crippen molar-refractivity contribution in [3.8, 4) is 0 Å². The molecule has 0 aromatic carbocycles. The summed E-state index contributed by atoms with van der Waals surface area (Å²) in [5.41, 5.74) is 5.56. The number of hydrogen-bond acceptors (Lipinski definition) is 6. The molecule has 2 heterocycles. The molecule has 0 amide bonds. The topological polar surface area (TPSA) is 58.3 Å². The summed E-state index contributed by atoms with van der Waals surface area (Å²) in [5.74, 6) is 1.40. The summed E-state index contributed by atoms with van der Waals surface area (Å²) in [6, 6.07) is 0. The van der Waals surface area contributed by atoms with Gasteiger partial charge in [0.05, 0.1) is 0 Å². The highest BCUT2D eigenvalue weighted by Crippen LogP contribution is 2.22. The summed E-state index contributed by atoms with van der Waals surface area (Å²) >= 11 is 1.55. The number of rotatable bonds is 6. The fourth-order valence-electron chi connectivity index (χ4n) is 2.45. The van der Waals surface area contributed by atoms with Gasteiger partial charge in [0.15, 0.2) is 0 Å². The summed E-state index contributed by atoms with van der Waals surface area (Å²) in [5, 5.41) is 1.09. The summed E-state index contributed by atoms with van der Waals surface area (Å²) in [6.45, 7) is 10.8. The molecule has 0 saturated carbocycles. The first-order valence-corrected chi connectivity index (χ1v) is 8.49. The Bertz CT molecular complexity index is 393. The number of unbranched alkanes of at least 4 members (excludes halogenated alkanes) is 1. The second-order valence-electron chi connectivity index (χ2n) is 5.77. The van der Waals surface area contributed by atoms with Gasteiger partial charge in [0.25, 0.3) is 0 Å². The molecule has 1 aliphatic rings. The van der Waals surface area contributed by atoms with Crippen molar-refractivity contribution in [3.63, 3.8) is 0 Å². The van der Waals surface area contributed by atoms with E-state index in [1.165, 1.54) is 25.9 Å². The number of aromatic nitrogens is 2. The van der Waals surface area contributed by atoms with Crippen LogP contribution in [0.25, 0.3) is 0 Å². The Kier molecular flexibility index (Phi) is 6.19. The van der Waals surface area contributed by atoms with E-state index in [9.17, 15) is 0 Å². The summed E-state index contributed by atoms with van der Waals surface area (Å²) < 4.78 is 4.46. The molecule has 0 unspecified atom stereocenters. The van der Waals surface area contributed by atoms with Crippen molar-refractivity contribution < 1.29 is 0 Å². The third-order valence-electron chi connectivity index (χ3n) is 3.73. The fraction of sp³-hybridized carbons (Fsp3) is 0.857. The lowest BCUT2D eigenvalue weighted by Crippen LogP contribution is -2.31. The third kappa shape index (κ3) is 4.40. The molecular formula is C14H27N5S. The van der Waals surface area contributed by atoms with Gasteiger partial charge in [-0.1, -0.05) is 13.8 Å². The average molecular weight is 297 g/mol. The Hall–Kier alpha value is -0.720. The molecule has 0 spiro atoms. The molecule has 20 heavy (non-hydrogen) atoms. The van der Waals surface area contributed by atoms with E-state index < -0.39 is 0 Å². The van der Waals surface area contributed by atoms with Crippen LogP contribution in [-0.2, 0) is 0 Å². The normalized spacial score (nSPS) is 17.7. The maximum atomic E-state index is 5.56. The van der Waals surface area contributed by atoms with Gasteiger partial charge >= 0.3 is 0 Å². The van der Waals surface area contributed by atoms with Crippen molar-refractivity contribution in [2.75, 3.05) is 44.2 Å². The lowest BCUT2D eigenvalue weighted by Gasteiger charge is -2.21. The molecule has 1 fully saturated rings. The van der Waals surface area contributed by atoms with Crippen molar-refractivity contribution in [1.82, 2.24) is 14.3 Å². The lowest BCUT2D eigenvalue weighted by molar-refractivity contribution is 0.288. The van der Waals surface area contributed by atoms with Gasteiger partial charge in [0.2, 0.25) is 5.13 Å². The molecule has 1 saturated heterocycles. The Morgan fingerprint density at radius 2 is 2.05 bits per heavy atom. The highest BCUT2D eigenvalue weighted by molar-refractivity contribution is 7.09. The van der Waals surface area contributed by atoms with E-state index in [-0.39, 0.29) is 0 Å². The van der Waals surface area contributed by atoms with Gasteiger partial charge in [-0.25, -0.2) is 4.98 Å². The molecule has 0 radical (unpaired) electrons. The molecular weight excluding hydrogens is 270 g/mol. The molecule has 0 atom stereocenters. The van der Waals surface area contributed by atoms with E-state index in [1.807, 2.05) is 0 Å². The number of nitrogens with two attached hydrogens (primary N) is 1. The molecule has 2 N–H and O–H groups in total. The lowest BCUT2D eigenvalue weighted by atomic mass is 10.2. The van der Waals surface area contributed by atoms with Gasteiger partial charge in [-0.15, -0.1) is 0 Å². The second kappa shape index (κ2) is 7.90. The van der Waals surface area contributed by atoms with Crippen LogP contribution in [0.15, 0.2) is 0 Å². The van der Waals surface area contributed by atoms with Crippen molar-refractivity contribution in [2.45, 2.75) is 39.0 Å². The van der Waals surface area contributed by atoms with E-state index in [2.05, 4.69) is 33.0 Å². The monoisotopic (exact) mass is 297 g/mol. The Morgan fingerprint density at radius 1 is 1.20 bits per heavy atom. The van der Waals surface area contributed by atoms with Gasteiger partial charge in [0.1, 0.15) is 5.82 Å². The molecule has 0 bridgehead atoms. The molecule has 1 aliphatic heterocycles. The van der Waals surface area contributed by atoms with Crippen molar-refractivity contribution >= 4 is 16.7 Å². The van der Waals surface area contributed by atoms with Crippen LogP contribution in [0.1, 0.15) is 44.9 Å². The van der Waals surface area contributed by atoms with Crippen LogP contribution in [0.3, 0.4) is 0 Å². The van der Waals surface area contributed by atoms with Crippen LogP contribution in [0.2, 0.25) is 0 Å². The Balaban J connectivity index is 1.85. The standard InChI is InChI=1S/C14H27N5S/c1-12(2)13-16-14(20-17-13)19-9-5-8-18(10-11-19)7-4-3-6-15/h12H,3-11,15H2,1-2H3. The van der Waals surface area contributed by atoms with Crippen LogP contribution in [0.5, 0.6) is 0 Å². The van der Waals surface area contributed by atoms with Crippen molar-refractivity contribution in [2.24, 2.45) is 5.73 Å². The van der Waals surface area contributed by atoms with Crippen LogP contribution in [0, 0.1) is 0 Å². The molecule has 114 valence electrons. The number of hydrogen-bond donors (Lipinski definition) is 1. The van der Waals surface area contributed by atoms with Gasteiger partial charge < -0.3 is 15.5 Å². The van der Waals surface area contributed by atoms with Gasteiger partial charge in [-0.2, -0.15) is 4.37 Å².